The van der Waals surface area contributed by atoms with Crippen LogP contribution in [0.2, 0.25) is 0 Å². The van der Waals surface area contributed by atoms with Gasteiger partial charge in [-0.1, -0.05) is 95.3 Å². The molecule has 0 saturated heterocycles. The van der Waals surface area contributed by atoms with Gasteiger partial charge in [-0.3, -0.25) is 4.79 Å². The van der Waals surface area contributed by atoms with E-state index in [-0.39, 0.29) is 5.92 Å². The fraction of sp³-hybridized carbons (Fsp3) is 0.385. The molecule has 0 aromatic heterocycles. The third kappa shape index (κ3) is 8.94. The van der Waals surface area contributed by atoms with Gasteiger partial charge in [0.15, 0.2) is 0 Å². The van der Waals surface area contributed by atoms with Crippen LogP contribution >= 0.6 is 0 Å². The highest BCUT2D eigenvalue weighted by molar-refractivity contribution is 6.06. The third-order valence-electron chi connectivity index (χ3n) is 4.48. The minimum Gasteiger partial charge on any atom is -0.303 e. The van der Waals surface area contributed by atoms with Crippen molar-refractivity contribution < 1.29 is 9.59 Å². The zero-order valence-electron chi connectivity index (χ0n) is 17.9. The molecule has 0 amide bonds. The molecule has 0 radical (unpaired) electrons. The van der Waals surface area contributed by atoms with Crippen molar-refractivity contribution in [3.63, 3.8) is 0 Å². The van der Waals surface area contributed by atoms with E-state index in [0.29, 0.717) is 11.8 Å². The molecule has 0 aliphatic heterocycles. The van der Waals surface area contributed by atoms with Gasteiger partial charge >= 0.3 is 0 Å². The zero-order chi connectivity index (χ0) is 20.9. The van der Waals surface area contributed by atoms with E-state index in [2.05, 4.69) is 52.0 Å². The smallest absolute Gasteiger partial charge is 0.150 e. The van der Waals surface area contributed by atoms with E-state index in [4.69, 9.17) is 0 Å². The molecule has 0 heterocycles. The molecule has 1 atom stereocenters. The van der Waals surface area contributed by atoms with E-state index in [1.54, 1.807) is 0 Å². The first-order valence-electron chi connectivity index (χ1n) is 10.1. The van der Waals surface area contributed by atoms with Gasteiger partial charge in [-0.05, 0) is 41.4 Å². The highest BCUT2D eigenvalue weighted by Gasteiger charge is 2.03. The quantitative estimate of drug-likeness (QED) is 0.388. The van der Waals surface area contributed by atoms with Crippen molar-refractivity contribution in [2.45, 2.75) is 53.4 Å². The second-order valence-corrected chi connectivity index (χ2v) is 7.99. The molecular formula is C26H34O2. The number of rotatable bonds is 8. The maximum absolute atomic E-state index is 10.8. The van der Waals surface area contributed by atoms with Gasteiger partial charge < -0.3 is 4.79 Å². The van der Waals surface area contributed by atoms with E-state index in [9.17, 15) is 9.59 Å². The molecule has 150 valence electrons. The van der Waals surface area contributed by atoms with Crippen molar-refractivity contribution in [1.29, 1.82) is 0 Å². The first-order chi connectivity index (χ1) is 13.4. The molecule has 0 aliphatic carbocycles. The van der Waals surface area contributed by atoms with E-state index in [1.165, 1.54) is 11.1 Å². The lowest BCUT2D eigenvalue weighted by Gasteiger charge is -2.07. The van der Waals surface area contributed by atoms with E-state index in [1.807, 2.05) is 43.3 Å². The second kappa shape index (κ2) is 12.8. The first-order valence-corrected chi connectivity index (χ1v) is 10.1. The van der Waals surface area contributed by atoms with Gasteiger partial charge in [0.05, 0.1) is 0 Å². The number of aldehydes is 2. The van der Waals surface area contributed by atoms with Crippen LogP contribution in [-0.2, 0) is 16.0 Å². The molecule has 1 unspecified atom stereocenters. The van der Waals surface area contributed by atoms with E-state index in [0.717, 1.165) is 36.6 Å². The van der Waals surface area contributed by atoms with Gasteiger partial charge in [0.1, 0.15) is 12.6 Å². The average molecular weight is 379 g/mol. The van der Waals surface area contributed by atoms with Gasteiger partial charge in [-0.15, -0.1) is 0 Å². The average Bonchev–Trinajstić information content (AvgIpc) is 2.70. The third-order valence-corrected chi connectivity index (χ3v) is 4.48. The normalized spacial score (nSPS) is 12.3. The predicted molar refractivity (Wildman–Crippen MR) is 119 cm³/mol. The van der Waals surface area contributed by atoms with Crippen molar-refractivity contribution in [3.05, 3.63) is 77.4 Å². The fourth-order valence-corrected chi connectivity index (χ4v) is 2.69. The number of allylic oxidation sites excluding steroid dienone is 2. The van der Waals surface area contributed by atoms with Crippen molar-refractivity contribution >= 4 is 18.1 Å². The minimum absolute atomic E-state index is 0.125. The summed E-state index contributed by atoms with van der Waals surface area (Å²) < 4.78 is 0. The Balaban J connectivity index is 0.000000280. The summed E-state index contributed by atoms with van der Waals surface area (Å²) in [6.45, 7) is 10.6. The number of hydrogen-bond acceptors (Lipinski definition) is 2. The van der Waals surface area contributed by atoms with Gasteiger partial charge in [-0.2, -0.15) is 0 Å². The van der Waals surface area contributed by atoms with Crippen LogP contribution in [0, 0.1) is 11.8 Å². The molecule has 2 rings (SSSR count). The lowest BCUT2D eigenvalue weighted by atomic mass is 9.98. The van der Waals surface area contributed by atoms with Crippen molar-refractivity contribution in [2.24, 2.45) is 11.8 Å². The number of benzene rings is 2. The van der Waals surface area contributed by atoms with Crippen molar-refractivity contribution in [3.8, 4) is 0 Å². The maximum Gasteiger partial charge on any atom is 0.150 e. The summed E-state index contributed by atoms with van der Waals surface area (Å²) >= 11 is 0. The lowest BCUT2D eigenvalue weighted by molar-refractivity contribution is -0.110. The minimum atomic E-state index is 0.125. The molecule has 0 bridgehead atoms. The summed E-state index contributed by atoms with van der Waals surface area (Å²) in [4.78, 5) is 21.3. The van der Waals surface area contributed by atoms with Crippen LogP contribution in [-0.4, -0.2) is 12.6 Å². The van der Waals surface area contributed by atoms with Gasteiger partial charge in [0.25, 0.3) is 0 Å². The van der Waals surface area contributed by atoms with Crippen LogP contribution in [0.4, 0.5) is 0 Å². The monoisotopic (exact) mass is 378 g/mol. The van der Waals surface area contributed by atoms with Crippen LogP contribution in [0.5, 0.6) is 0 Å². The van der Waals surface area contributed by atoms with Crippen LogP contribution in [0.3, 0.4) is 0 Å². The largest absolute Gasteiger partial charge is 0.303 e. The fourth-order valence-electron chi connectivity index (χ4n) is 2.69. The van der Waals surface area contributed by atoms with Crippen LogP contribution in [0.15, 0.2) is 60.7 Å². The molecule has 2 aromatic rings. The number of carbonyl (C=O) groups is 2. The molecule has 0 spiro atoms. The maximum atomic E-state index is 10.8. The Bertz CT molecular complexity index is 725. The van der Waals surface area contributed by atoms with Crippen molar-refractivity contribution in [2.75, 3.05) is 0 Å². The molecule has 0 saturated carbocycles. The van der Waals surface area contributed by atoms with E-state index < -0.39 is 0 Å². The Kier molecular flexibility index (Phi) is 10.8. The Morgan fingerprint density at radius 1 is 0.857 bits per heavy atom. The summed E-state index contributed by atoms with van der Waals surface area (Å²) in [6, 6.07) is 18.3. The van der Waals surface area contributed by atoms with Gasteiger partial charge in [0, 0.05) is 11.5 Å². The Labute approximate surface area is 170 Å². The molecular weight excluding hydrogens is 344 g/mol. The number of hydrogen-bond donors (Lipinski definition) is 0. The summed E-state index contributed by atoms with van der Waals surface area (Å²) in [6.07, 6.45) is 5.74. The van der Waals surface area contributed by atoms with Crippen molar-refractivity contribution in [1.82, 2.24) is 0 Å². The molecule has 2 nitrogen and oxygen atoms in total. The summed E-state index contributed by atoms with van der Waals surface area (Å²) in [7, 11) is 0. The molecule has 0 N–H and O–H groups in total. The predicted octanol–water partition coefficient (Wildman–Crippen LogP) is 6.50. The lowest BCUT2D eigenvalue weighted by Crippen LogP contribution is -2.00. The Morgan fingerprint density at radius 2 is 1.46 bits per heavy atom. The van der Waals surface area contributed by atoms with Gasteiger partial charge in [0.2, 0.25) is 0 Å². The summed E-state index contributed by atoms with van der Waals surface area (Å²) in [5.41, 5.74) is 4.39. The highest BCUT2D eigenvalue weighted by atomic mass is 16.1. The SMILES string of the molecule is CC(C)CC=C(C=O)c1ccccc1.CC(C=O)Cc1ccc(C(C)C)cc1. The first kappa shape index (κ1) is 23.6. The Morgan fingerprint density at radius 3 is 1.93 bits per heavy atom. The molecule has 2 aromatic carbocycles. The second-order valence-electron chi connectivity index (χ2n) is 7.99. The standard InChI is InChI=1S/C13H18O.C13H16O/c1-10(2)13-6-4-12(5-7-13)8-11(3)9-14;1-11(2)8-9-13(10-14)12-6-4-3-5-7-12/h4-7,9-11H,8H2,1-3H3;3-7,9-11H,8H2,1-2H3. The molecule has 0 fully saturated rings. The summed E-state index contributed by atoms with van der Waals surface area (Å²) in [5.74, 6) is 1.29. The molecule has 2 heteroatoms. The van der Waals surface area contributed by atoms with Crippen LogP contribution in [0.25, 0.3) is 5.57 Å². The van der Waals surface area contributed by atoms with Crippen LogP contribution < -0.4 is 0 Å². The van der Waals surface area contributed by atoms with Gasteiger partial charge in [-0.25, -0.2) is 0 Å². The molecule has 0 aliphatic rings. The topological polar surface area (TPSA) is 34.1 Å². The van der Waals surface area contributed by atoms with Crippen LogP contribution in [0.1, 0.15) is 63.6 Å². The zero-order valence-corrected chi connectivity index (χ0v) is 17.9. The number of carbonyl (C=O) groups excluding carboxylic acids is 2. The molecule has 28 heavy (non-hydrogen) atoms. The highest BCUT2D eigenvalue weighted by Crippen LogP contribution is 2.16. The Hall–Kier alpha value is -2.48. The summed E-state index contributed by atoms with van der Waals surface area (Å²) in [5, 5.41) is 0. The van der Waals surface area contributed by atoms with E-state index >= 15 is 0 Å².